The average molecular weight is 372 g/mol. The van der Waals surface area contributed by atoms with Crippen LogP contribution in [0.3, 0.4) is 0 Å². The van der Waals surface area contributed by atoms with Crippen molar-refractivity contribution in [2.75, 3.05) is 11.4 Å². The first-order valence-electron chi connectivity index (χ1n) is 9.65. The Labute approximate surface area is 165 Å². The lowest BCUT2D eigenvalue weighted by Crippen LogP contribution is -2.29. The van der Waals surface area contributed by atoms with Crippen molar-refractivity contribution >= 4 is 17.5 Å². The molecule has 1 aromatic heterocycles. The number of nitrogens with zero attached hydrogens (tertiary/aromatic N) is 3. The van der Waals surface area contributed by atoms with Crippen molar-refractivity contribution in [2.24, 2.45) is 0 Å². The molecular weight excluding hydrogens is 348 g/mol. The number of carbonyl (C=O) groups is 1. The number of hydrogen-bond acceptors (Lipinski definition) is 4. The molecule has 0 aliphatic carbocycles. The van der Waals surface area contributed by atoms with Gasteiger partial charge in [-0.15, -0.1) is 0 Å². The molecule has 0 saturated heterocycles. The van der Waals surface area contributed by atoms with Gasteiger partial charge in [0.25, 0.3) is 5.91 Å². The normalized spacial score (nSPS) is 13.1. The summed E-state index contributed by atoms with van der Waals surface area (Å²) in [5.41, 5.74) is 5.86. The second-order valence-electron chi connectivity index (χ2n) is 7.25. The molecule has 1 N–H and O–H groups in total. The van der Waals surface area contributed by atoms with Crippen LogP contribution >= 0.6 is 0 Å². The van der Waals surface area contributed by atoms with E-state index in [9.17, 15) is 4.79 Å². The summed E-state index contributed by atoms with van der Waals surface area (Å²) in [6, 6.07) is 18.2. The molecule has 3 aromatic rings. The molecule has 4 rings (SSSR count). The van der Waals surface area contributed by atoms with Crippen LogP contribution in [0.2, 0.25) is 0 Å². The maximum atomic E-state index is 12.7. The van der Waals surface area contributed by atoms with Gasteiger partial charge in [-0.3, -0.25) is 4.79 Å². The Bertz CT molecular complexity index is 1010. The number of aryl methyl sites for hydroxylation is 3. The second kappa shape index (κ2) is 7.80. The van der Waals surface area contributed by atoms with Crippen molar-refractivity contribution in [1.29, 1.82) is 0 Å². The third-order valence-electron chi connectivity index (χ3n) is 4.96. The molecule has 1 amide bonds. The summed E-state index contributed by atoms with van der Waals surface area (Å²) in [7, 11) is 0. The summed E-state index contributed by atoms with van der Waals surface area (Å²) in [6.07, 6.45) is 2.10. The fourth-order valence-electron chi connectivity index (χ4n) is 3.63. The molecule has 2 aromatic carbocycles. The average Bonchev–Trinajstić information content (AvgIpc) is 2.71. The van der Waals surface area contributed by atoms with Crippen LogP contribution in [-0.4, -0.2) is 22.4 Å². The largest absolute Gasteiger partial charge is 0.347 e. The summed E-state index contributed by atoms with van der Waals surface area (Å²) in [6.45, 7) is 5.27. The predicted octanol–water partition coefficient (Wildman–Crippen LogP) is 4.11. The summed E-state index contributed by atoms with van der Waals surface area (Å²) >= 11 is 0. The van der Waals surface area contributed by atoms with Gasteiger partial charge in [0.2, 0.25) is 5.95 Å². The van der Waals surface area contributed by atoms with Crippen LogP contribution in [-0.2, 0) is 13.0 Å². The summed E-state index contributed by atoms with van der Waals surface area (Å²) in [5, 5.41) is 2.97. The van der Waals surface area contributed by atoms with E-state index in [2.05, 4.69) is 44.5 Å². The van der Waals surface area contributed by atoms with E-state index < -0.39 is 0 Å². The summed E-state index contributed by atoms with van der Waals surface area (Å²) in [5.74, 6) is 0.409. The van der Waals surface area contributed by atoms with Crippen LogP contribution in [0.25, 0.3) is 0 Å². The zero-order valence-electron chi connectivity index (χ0n) is 16.3. The predicted molar refractivity (Wildman–Crippen MR) is 111 cm³/mol. The fourth-order valence-corrected chi connectivity index (χ4v) is 3.63. The Morgan fingerprint density at radius 2 is 1.93 bits per heavy atom. The van der Waals surface area contributed by atoms with Crippen molar-refractivity contribution in [1.82, 2.24) is 15.3 Å². The van der Waals surface area contributed by atoms with Crippen molar-refractivity contribution in [2.45, 2.75) is 33.2 Å². The number of aromatic nitrogens is 2. The second-order valence-corrected chi connectivity index (χ2v) is 7.25. The van der Waals surface area contributed by atoms with Crippen molar-refractivity contribution in [3.63, 3.8) is 0 Å². The Kier molecular flexibility index (Phi) is 5.06. The molecular formula is C23H24N4O. The molecule has 0 spiro atoms. The van der Waals surface area contributed by atoms with Crippen LogP contribution in [0.1, 0.15) is 39.3 Å². The quantitative estimate of drug-likeness (QED) is 0.749. The maximum absolute atomic E-state index is 12.7. The number of benzene rings is 2. The minimum atomic E-state index is -0.182. The topological polar surface area (TPSA) is 58.1 Å². The molecule has 28 heavy (non-hydrogen) atoms. The highest BCUT2D eigenvalue weighted by Gasteiger charge is 2.21. The van der Waals surface area contributed by atoms with Gasteiger partial charge in [0, 0.05) is 24.5 Å². The first-order chi connectivity index (χ1) is 13.6. The molecule has 5 nitrogen and oxygen atoms in total. The lowest BCUT2D eigenvalue weighted by molar-refractivity contribution is 0.0945. The number of fused-ring (bicyclic) bond motifs is 1. The number of nitrogens with one attached hydrogen (secondary N) is 1. The zero-order chi connectivity index (χ0) is 19.5. The molecule has 0 unspecified atom stereocenters. The van der Waals surface area contributed by atoms with E-state index in [1.165, 1.54) is 11.1 Å². The minimum absolute atomic E-state index is 0.182. The van der Waals surface area contributed by atoms with Crippen molar-refractivity contribution in [3.8, 4) is 0 Å². The monoisotopic (exact) mass is 372 g/mol. The van der Waals surface area contributed by atoms with E-state index in [0.717, 1.165) is 36.3 Å². The molecule has 0 fully saturated rings. The van der Waals surface area contributed by atoms with Crippen molar-refractivity contribution < 1.29 is 4.79 Å². The Morgan fingerprint density at radius 3 is 2.79 bits per heavy atom. The number of anilines is 2. The lowest BCUT2D eigenvalue weighted by atomic mass is 10.0. The number of hydrogen-bond donors (Lipinski definition) is 1. The first-order valence-corrected chi connectivity index (χ1v) is 9.65. The van der Waals surface area contributed by atoms with Gasteiger partial charge in [-0.2, -0.15) is 0 Å². The van der Waals surface area contributed by atoms with E-state index in [1.807, 2.05) is 38.1 Å². The molecule has 0 atom stereocenters. The fraction of sp³-hybridized carbons (Fsp3) is 0.261. The van der Waals surface area contributed by atoms with E-state index in [0.29, 0.717) is 18.2 Å². The van der Waals surface area contributed by atoms with Gasteiger partial charge >= 0.3 is 0 Å². The lowest BCUT2D eigenvalue weighted by Gasteiger charge is -2.29. The standard InChI is InChI=1S/C23H24N4O/c1-16-7-5-8-18(13-16)15-24-22(28)20-14-17(2)25-23(26-20)27-12-6-10-19-9-3-4-11-21(19)27/h3-5,7-9,11,13-14H,6,10,12,15H2,1-2H3,(H,24,28). The highest BCUT2D eigenvalue weighted by atomic mass is 16.1. The van der Waals surface area contributed by atoms with E-state index in [4.69, 9.17) is 0 Å². The smallest absolute Gasteiger partial charge is 0.270 e. The SMILES string of the molecule is Cc1cccc(CNC(=O)c2cc(C)nc(N3CCCc4ccccc43)n2)c1. The molecule has 2 heterocycles. The van der Waals surface area contributed by atoms with Crippen LogP contribution in [0.15, 0.2) is 54.6 Å². The van der Waals surface area contributed by atoms with Crippen LogP contribution < -0.4 is 10.2 Å². The molecule has 1 aliphatic heterocycles. The maximum Gasteiger partial charge on any atom is 0.270 e. The highest BCUT2D eigenvalue weighted by Crippen LogP contribution is 2.31. The third kappa shape index (κ3) is 3.88. The highest BCUT2D eigenvalue weighted by molar-refractivity contribution is 5.92. The summed E-state index contributed by atoms with van der Waals surface area (Å²) < 4.78 is 0. The van der Waals surface area contributed by atoms with E-state index in [-0.39, 0.29) is 5.91 Å². The van der Waals surface area contributed by atoms with Gasteiger partial charge in [0.1, 0.15) is 5.69 Å². The van der Waals surface area contributed by atoms with Gasteiger partial charge in [-0.1, -0.05) is 48.0 Å². The van der Waals surface area contributed by atoms with Crippen LogP contribution in [0.5, 0.6) is 0 Å². The third-order valence-corrected chi connectivity index (χ3v) is 4.96. The molecule has 0 bridgehead atoms. The Hall–Kier alpha value is -3.21. The molecule has 0 saturated carbocycles. The number of amides is 1. The zero-order valence-corrected chi connectivity index (χ0v) is 16.3. The van der Waals surface area contributed by atoms with Gasteiger partial charge < -0.3 is 10.2 Å². The molecule has 1 aliphatic rings. The molecule has 5 heteroatoms. The van der Waals surface area contributed by atoms with Crippen LogP contribution in [0.4, 0.5) is 11.6 Å². The van der Waals surface area contributed by atoms with Gasteiger partial charge in [-0.05, 0) is 49.9 Å². The van der Waals surface area contributed by atoms with Gasteiger partial charge in [0.15, 0.2) is 0 Å². The van der Waals surface area contributed by atoms with Crippen molar-refractivity contribution in [3.05, 3.63) is 82.7 Å². The number of carbonyl (C=O) groups excluding carboxylic acids is 1. The number of rotatable bonds is 4. The Balaban J connectivity index is 1.57. The van der Waals surface area contributed by atoms with Gasteiger partial charge in [0.05, 0.1) is 0 Å². The van der Waals surface area contributed by atoms with E-state index >= 15 is 0 Å². The number of para-hydroxylation sites is 1. The Morgan fingerprint density at radius 1 is 1.07 bits per heavy atom. The van der Waals surface area contributed by atoms with E-state index in [1.54, 1.807) is 6.07 Å². The molecule has 142 valence electrons. The minimum Gasteiger partial charge on any atom is -0.347 e. The summed E-state index contributed by atoms with van der Waals surface area (Å²) in [4.78, 5) is 24.0. The van der Waals surface area contributed by atoms with Gasteiger partial charge in [-0.25, -0.2) is 9.97 Å². The first kappa shape index (κ1) is 18.2. The molecule has 0 radical (unpaired) electrons. The van der Waals surface area contributed by atoms with Crippen LogP contribution in [0, 0.1) is 13.8 Å².